The van der Waals surface area contributed by atoms with Crippen molar-refractivity contribution in [2.45, 2.75) is 39.7 Å². The first kappa shape index (κ1) is 18.9. The fourth-order valence-corrected chi connectivity index (χ4v) is 2.49. The second kappa shape index (κ2) is 6.53. The number of carboxylic acid groups (broad SMARTS) is 1. The molecule has 4 N–H and O–H groups in total. The highest BCUT2D eigenvalue weighted by molar-refractivity contribution is 7.91. The van der Waals surface area contributed by atoms with Crippen LogP contribution in [0.1, 0.15) is 34.1 Å². The smallest absolute Gasteiger partial charge is 0.310 e. The maximum Gasteiger partial charge on any atom is 0.310 e. The van der Waals surface area contributed by atoms with Crippen molar-refractivity contribution >= 4 is 21.7 Å². The molecular weight excluding hydrogens is 284 g/mol. The summed E-state index contributed by atoms with van der Waals surface area (Å²) in [5, 5.41) is 12.1. The van der Waals surface area contributed by atoms with Crippen LogP contribution in [0, 0.1) is 5.41 Å². The molecule has 0 fully saturated rings. The lowest BCUT2D eigenvalue weighted by Gasteiger charge is -2.39. The number of carbonyl (C=O) groups excluding carboxylic acids is 1. The summed E-state index contributed by atoms with van der Waals surface area (Å²) in [6, 6.07) is 0. The van der Waals surface area contributed by atoms with E-state index < -0.39 is 32.7 Å². The molecule has 0 saturated carbocycles. The number of rotatable bonds is 9. The van der Waals surface area contributed by atoms with Crippen LogP contribution in [0.3, 0.4) is 0 Å². The fraction of sp³-hybridized carbons (Fsp3) is 0.833. The highest BCUT2D eigenvalue weighted by Gasteiger charge is 2.43. The summed E-state index contributed by atoms with van der Waals surface area (Å²) in [7, 11) is -3.38. The SMILES string of the molecule is CC(C)(NCCS(=O)(=O)CCC(N)=O)C(C)(C)C(=O)O. The van der Waals surface area contributed by atoms with Gasteiger partial charge in [0.1, 0.15) is 0 Å². The van der Waals surface area contributed by atoms with Gasteiger partial charge in [-0.3, -0.25) is 9.59 Å². The third-order valence-electron chi connectivity index (χ3n) is 3.74. The van der Waals surface area contributed by atoms with Gasteiger partial charge in [-0.2, -0.15) is 0 Å². The van der Waals surface area contributed by atoms with E-state index in [2.05, 4.69) is 5.32 Å². The van der Waals surface area contributed by atoms with Gasteiger partial charge in [0.05, 0.1) is 16.9 Å². The van der Waals surface area contributed by atoms with Crippen molar-refractivity contribution in [3.8, 4) is 0 Å². The highest BCUT2D eigenvalue weighted by Crippen LogP contribution is 2.30. The number of hydrogen-bond acceptors (Lipinski definition) is 5. The Bertz CT molecular complexity index is 468. The van der Waals surface area contributed by atoms with Crippen LogP contribution in [0.15, 0.2) is 0 Å². The molecule has 0 aliphatic heterocycles. The van der Waals surface area contributed by atoms with Crippen LogP contribution in [0.2, 0.25) is 0 Å². The van der Waals surface area contributed by atoms with Crippen molar-refractivity contribution in [2.75, 3.05) is 18.1 Å². The van der Waals surface area contributed by atoms with Crippen LogP contribution in [0.4, 0.5) is 0 Å². The van der Waals surface area contributed by atoms with Crippen molar-refractivity contribution < 1.29 is 23.1 Å². The number of sulfone groups is 1. The minimum Gasteiger partial charge on any atom is -0.481 e. The molecule has 0 atom stereocenters. The normalized spacial score (nSPS) is 13.2. The van der Waals surface area contributed by atoms with Gasteiger partial charge < -0.3 is 16.2 Å². The summed E-state index contributed by atoms with van der Waals surface area (Å²) >= 11 is 0. The molecule has 0 aromatic rings. The molecule has 0 aromatic heterocycles. The molecule has 0 aliphatic carbocycles. The molecular formula is C12H24N2O5S. The van der Waals surface area contributed by atoms with E-state index in [-0.39, 0.29) is 24.5 Å². The minimum absolute atomic E-state index is 0.116. The first-order valence-electron chi connectivity index (χ1n) is 6.29. The first-order valence-corrected chi connectivity index (χ1v) is 8.11. The van der Waals surface area contributed by atoms with Crippen LogP contribution in [0.25, 0.3) is 0 Å². The van der Waals surface area contributed by atoms with Crippen LogP contribution in [-0.2, 0) is 19.4 Å². The Kier molecular flexibility index (Phi) is 6.16. The van der Waals surface area contributed by atoms with Gasteiger partial charge in [0.2, 0.25) is 5.91 Å². The van der Waals surface area contributed by atoms with Crippen LogP contribution in [-0.4, -0.2) is 49.0 Å². The lowest BCUT2D eigenvalue weighted by Crippen LogP contribution is -2.56. The molecule has 0 heterocycles. The molecule has 0 aliphatic rings. The molecule has 0 unspecified atom stereocenters. The number of nitrogens with one attached hydrogen (secondary N) is 1. The van der Waals surface area contributed by atoms with Crippen molar-refractivity contribution in [1.29, 1.82) is 0 Å². The molecule has 8 heteroatoms. The summed E-state index contributed by atoms with van der Waals surface area (Å²) in [5.41, 5.74) is 3.07. The number of aliphatic carboxylic acids is 1. The number of primary amides is 1. The standard InChI is InChI=1S/C12H24N2O5S/c1-11(2,10(16)17)12(3,4)14-6-8-20(18,19)7-5-9(13)15/h14H,5-8H2,1-4H3,(H2,13,15)(H,16,17). The van der Waals surface area contributed by atoms with Gasteiger partial charge in [-0.25, -0.2) is 8.42 Å². The van der Waals surface area contributed by atoms with E-state index in [4.69, 9.17) is 5.73 Å². The van der Waals surface area contributed by atoms with E-state index >= 15 is 0 Å². The van der Waals surface area contributed by atoms with Gasteiger partial charge in [0, 0.05) is 18.5 Å². The number of carbonyl (C=O) groups is 2. The largest absolute Gasteiger partial charge is 0.481 e. The van der Waals surface area contributed by atoms with E-state index in [9.17, 15) is 23.1 Å². The summed E-state index contributed by atoms with van der Waals surface area (Å²) in [5.74, 6) is -2.08. The third kappa shape index (κ3) is 5.46. The molecule has 0 radical (unpaired) electrons. The predicted octanol–water partition coefficient (Wildman–Crippen LogP) is -0.244. The van der Waals surface area contributed by atoms with E-state index in [0.717, 1.165) is 0 Å². The average Bonchev–Trinajstić information content (AvgIpc) is 2.25. The molecule has 1 amide bonds. The third-order valence-corrected chi connectivity index (χ3v) is 5.39. The molecule has 0 rings (SSSR count). The number of nitrogens with two attached hydrogens (primary N) is 1. The fourth-order valence-electron chi connectivity index (χ4n) is 1.37. The Morgan fingerprint density at radius 3 is 2.05 bits per heavy atom. The van der Waals surface area contributed by atoms with Gasteiger partial charge in [0.25, 0.3) is 0 Å². The van der Waals surface area contributed by atoms with Gasteiger partial charge in [-0.05, 0) is 27.7 Å². The van der Waals surface area contributed by atoms with E-state index in [0.29, 0.717) is 0 Å². The number of hydrogen-bond donors (Lipinski definition) is 3. The monoisotopic (exact) mass is 308 g/mol. The molecule has 7 nitrogen and oxygen atoms in total. The highest BCUT2D eigenvalue weighted by atomic mass is 32.2. The Balaban J connectivity index is 4.50. The van der Waals surface area contributed by atoms with E-state index in [1.54, 1.807) is 27.7 Å². The van der Waals surface area contributed by atoms with Crippen molar-refractivity contribution in [1.82, 2.24) is 5.32 Å². The summed E-state index contributed by atoms with van der Waals surface area (Å²) in [6.07, 6.45) is -0.202. The maximum absolute atomic E-state index is 11.6. The van der Waals surface area contributed by atoms with Gasteiger partial charge in [0.15, 0.2) is 9.84 Å². The van der Waals surface area contributed by atoms with E-state index in [1.165, 1.54) is 0 Å². The summed E-state index contributed by atoms with van der Waals surface area (Å²) in [6.45, 7) is 6.67. The Morgan fingerprint density at radius 1 is 1.15 bits per heavy atom. The lowest BCUT2D eigenvalue weighted by molar-refractivity contribution is -0.151. The van der Waals surface area contributed by atoms with Crippen LogP contribution < -0.4 is 11.1 Å². The first-order chi connectivity index (χ1) is 8.82. The van der Waals surface area contributed by atoms with Crippen molar-refractivity contribution in [3.05, 3.63) is 0 Å². The number of amides is 1. The van der Waals surface area contributed by atoms with Gasteiger partial charge in [-0.15, -0.1) is 0 Å². The molecule has 20 heavy (non-hydrogen) atoms. The quantitative estimate of drug-likeness (QED) is 0.539. The lowest BCUT2D eigenvalue weighted by atomic mass is 9.74. The van der Waals surface area contributed by atoms with Crippen LogP contribution in [0.5, 0.6) is 0 Å². The zero-order chi connectivity index (χ0) is 16.2. The summed E-state index contributed by atoms with van der Waals surface area (Å²) in [4.78, 5) is 21.8. The molecule has 0 bridgehead atoms. The van der Waals surface area contributed by atoms with Crippen molar-refractivity contribution in [2.24, 2.45) is 11.1 Å². The molecule has 0 aromatic carbocycles. The topological polar surface area (TPSA) is 127 Å². The summed E-state index contributed by atoms with van der Waals surface area (Å²) < 4.78 is 23.3. The van der Waals surface area contributed by atoms with Crippen molar-refractivity contribution in [3.63, 3.8) is 0 Å². The Hall–Kier alpha value is -1.15. The maximum atomic E-state index is 11.6. The number of carboxylic acids is 1. The minimum atomic E-state index is -3.38. The Morgan fingerprint density at radius 2 is 1.65 bits per heavy atom. The Labute approximate surface area is 119 Å². The van der Waals surface area contributed by atoms with E-state index in [1.807, 2.05) is 0 Å². The van der Waals surface area contributed by atoms with Gasteiger partial charge in [-0.1, -0.05) is 0 Å². The van der Waals surface area contributed by atoms with Gasteiger partial charge >= 0.3 is 5.97 Å². The second-order valence-corrected chi connectivity index (χ2v) is 8.15. The molecule has 118 valence electrons. The predicted molar refractivity (Wildman–Crippen MR) is 76.0 cm³/mol. The molecule has 0 saturated heterocycles. The zero-order valence-corrected chi connectivity index (χ0v) is 13.2. The van der Waals surface area contributed by atoms with Crippen LogP contribution >= 0.6 is 0 Å². The second-order valence-electron chi connectivity index (χ2n) is 5.85. The average molecular weight is 308 g/mol. The molecule has 0 spiro atoms. The zero-order valence-electron chi connectivity index (χ0n) is 12.4.